The summed E-state index contributed by atoms with van der Waals surface area (Å²) in [5.74, 6) is 1.07. The molecule has 0 fully saturated rings. The van der Waals surface area contributed by atoms with Crippen LogP contribution < -0.4 is 10.6 Å². The van der Waals surface area contributed by atoms with Gasteiger partial charge in [-0.2, -0.15) is 0 Å². The SMILES string of the molecule is Cc1cc(CCN)cnc1N(C)C(C)C(C)(C)C. The van der Waals surface area contributed by atoms with Crippen molar-refractivity contribution in [3.63, 3.8) is 0 Å². The second-order valence-corrected chi connectivity index (χ2v) is 6.18. The van der Waals surface area contributed by atoms with Gasteiger partial charge < -0.3 is 10.6 Å². The summed E-state index contributed by atoms with van der Waals surface area (Å²) < 4.78 is 0. The molecule has 1 heterocycles. The third-order valence-corrected chi connectivity index (χ3v) is 3.71. The molecule has 0 saturated carbocycles. The molecule has 18 heavy (non-hydrogen) atoms. The monoisotopic (exact) mass is 249 g/mol. The highest BCUT2D eigenvalue weighted by molar-refractivity contribution is 5.47. The molecule has 0 saturated heterocycles. The van der Waals surface area contributed by atoms with E-state index in [4.69, 9.17) is 5.73 Å². The molecular weight excluding hydrogens is 222 g/mol. The van der Waals surface area contributed by atoms with Crippen LogP contribution in [-0.2, 0) is 6.42 Å². The molecule has 3 heteroatoms. The van der Waals surface area contributed by atoms with Crippen LogP contribution in [0.4, 0.5) is 5.82 Å². The Kier molecular flexibility index (Phi) is 4.74. The molecule has 1 unspecified atom stereocenters. The average Bonchev–Trinajstić information content (AvgIpc) is 2.26. The minimum Gasteiger partial charge on any atom is -0.356 e. The van der Waals surface area contributed by atoms with Crippen LogP contribution in [0.5, 0.6) is 0 Å². The van der Waals surface area contributed by atoms with E-state index in [9.17, 15) is 0 Å². The third kappa shape index (κ3) is 3.45. The highest BCUT2D eigenvalue weighted by Gasteiger charge is 2.25. The average molecular weight is 249 g/mol. The number of nitrogens with two attached hydrogens (primary N) is 1. The first kappa shape index (κ1) is 15.0. The van der Waals surface area contributed by atoms with E-state index in [-0.39, 0.29) is 5.41 Å². The maximum Gasteiger partial charge on any atom is 0.131 e. The summed E-state index contributed by atoms with van der Waals surface area (Å²) >= 11 is 0. The molecule has 0 bridgehead atoms. The van der Waals surface area contributed by atoms with Crippen molar-refractivity contribution >= 4 is 5.82 Å². The van der Waals surface area contributed by atoms with Gasteiger partial charge >= 0.3 is 0 Å². The Morgan fingerprint density at radius 1 is 1.39 bits per heavy atom. The quantitative estimate of drug-likeness (QED) is 0.892. The van der Waals surface area contributed by atoms with E-state index in [0.29, 0.717) is 12.6 Å². The number of nitrogens with zero attached hydrogens (tertiary/aromatic N) is 2. The fraction of sp³-hybridized carbons (Fsp3) is 0.667. The standard InChI is InChI=1S/C15H27N3/c1-11-9-13(7-8-16)10-17-14(11)18(6)12(2)15(3,4)5/h9-10,12H,7-8,16H2,1-6H3. The molecule has 1 aromatic rings. The zero-order valence-corrected chi connectivity index (χ0v) is 12.6. The second kappa shape index (κ2) is 5.70. The number of pyridine rings is 1. The third-order valence-electron chi connectivity index (χ3n) is 3.71. The van der Waals surface area contributed by atoms with Crippen LogP contribution in [0, 0.1) is 12.3 Å². The van der Waals surface area contributed by atoms with Gasteiger partial charge in [-0.1, -0.05) is 26.8 Å². The van der Waals surface area contributed by atoms with Crippen molar-refractivity contribution in [2.75, 3.05) is 18.5 Å². The van der Waals surface area contributed by atoms with Gasteiger partial charge in [0.1, 0.15) is 5.82 Å². The summed E-state index contributed by atoms with van der Waals surface area (Å²) in [6.07, 6.45) is 2.84. The number of anilines is 1. The molecule has 1 rings (SSSR count). The minimum atomic E-state index is 0.235. The fourth-order valence-corrected chi connectivity index (χ4v) is 2.06. The van der Waals surface area contributed by atoms with Gasteiger partial charge in [-0.05, 0) is 43.4 Å². The van der Waals surface area contributed by atoms with Crippen LogP contribution in [0.3, 0.4) is 0 Å². The van der Waals surface area contributed by atoms with Crippen LogP contribution in [0.25, 0.3) is 0 Å². The number of rotatable bonds is 4. The molecule has 0 spiro atoms. The van der Waals surface area contributed by atoms with Crippen molar-refractivity contribution < 1.29 is 0 Å². The van der Waals surface area contributed by atoms with E-state index in [0.717, 1.165) is 12.2 Å². The van der Waals surface area contributed by atoms with Gasteiger partial charge in [-0.15, -0.1) is 0 Å². The van der Waals surface area contributed by atoms with Gasteiger partial charge in [-0.3, -0.25) is 0 Å². The largest absolute Gasteiger partial charge is 0.356 e. The van der Waals surface area contributed by atoms with Gasteiger partial charge in [-0.25, -0.2) is 4.98 Å². The lowest BCUT2D eigenvalue weighted by molar-refractivity contribution is 0.328. The molecule has 0 aliphatic heterocycles. The van der Waals surface area contributed by atoms with Crippen molar-refractivity contribution in [3.05, 3.63) is 23.4 Å². The maximum absolute atomic E-state index is 5.58. The van der Waals surface area contributed by atoms with Crippen LogP contribution in [0.2, 0.25) is 0 Å². The molecule has 0 amide bonds. The summed E-state index contributed by atoms with van der Waals surface area (Å²) in [7, 11) is 2.12. The number of hydrogen-bond acceptors (Lipinski definition) is 3. The minimum absolute atomic E-state index is 0.235. The van der Waals surface area contributed by atoms with Crippen molar-refractivity contribution in [3.8, 4) is 0 Å². The molecule has 3 nitrogen and oxygen atoms in total. The Morgan fingerprint density at radius 3 is 2.44 bits per heavy atom. The molecule has 0 aromatic carbocycles. The van der Waals surface area contributed by atoms with E-state index in [1.807, 2.05) is 6.20 Å². The molecule has 0 radical (unpaired) electrons. The Hall–Kier alpha value is -1.09. The first-order chi connectivity index (χ1) is 8.27. The lowest BCUT2D eigenvalue weighted by Gasteiger charge is -2.36. The molecule has 2 N–H and O–H groups in total. The summed E-state index contributed by atoms with van der Waals surface area (Å²) in [6.45, 7) is 11.8. The topological polar surface area (TPSA) is 42.1 Å². The van der Waals surface area contributed by atoms with E-state index < -0.39 is 0 Å². The van der Waals surface area contributed by atoms with E-state index >= 15 is 0 Å². The number of hydrogen-bond donors (Lipinski definition) is 1. The van der Waals surface area contributed by atoms with Crippen LogP contribution in [-0.4, -0.2) is 24.6 Å². The zero-order valence-electron chi connectivity index (χ0n) is 12.6. The highest BCUT2D eigenvalue weighted by atomic mass is 15.2. The van der Waals surface area contributed by atoms with E-state index in [1.54, 1.807) is 0 Å². The second-order valence-electron chi connectivity index (χ2n) is 6.18. The van der Waals surface area contributed by atoms with Crippen molar-refractivity contribution in [2.45, 2.75) is 47.1 Å². The van der Waals surface area contributed by atoms with Gasteiger partial charge in [0.15, 0.2) is 0 Å². The fourth-order valence-electron chi connectivity index (χ4n) is 2.06. The van der Waals surface area contributed by atoms with Crippen molar-refractivity contribution in [1.29, 1.82) is 0 Å². The lowest BCUT2D eigenvalue weighted by atomic mass is 9.87. The Morgan fingerprint density at radius 2 is 2.00 bits per heavy atom. The smallest absolute Gasteiger partial charge is 0.131 e. The Balaban J connectivity index is 2.96. The molecule has 0 aliphatic carbocycles. The van der Waals surface area contributed by atoms with Crippen LogP contribution in [0.15, 0.2) is 12.3 Å². The molecule has 1 atom stereocenters. The Bertz CT molecular complexity index is 393. The predicted molar refractivity (Wildman–Crippen MR) is 79.1 cm³/mol. The molecule has 1 aromatic heterocycles. The normalized spacial score (nSPS) is 13.5. The van der Waals surface area contributed by atoms with Crippen LogP contribution in [0.1, 0.15) is 38.8 Å². The van der Waals surface area contributed by atoms with E-state index in [1.165, 1.54) is 11.1 Å². The zero-order chi connectivity index (χ0) is 13.9. The first-order valence-electron chi connectivity index (χ1n) is 6.65. The van der Waals surface area contributed by atoms with Gasteiger partial charge in [0, 0.05) is 19.3 Å². The number of aromatic nitrogens is 1. The summed E-state index contributed by atoms with van der Waals surface area (Å²) in [6, 6.07) is 2.63. The summed E-state index contributed by atoms with van der Waals surface area (Å²) in [5.41, 5.74) is 8.25. The predicted octanol–water partition coefficient (Wildman–Crippen LogP) is 2.76. The number of aryl methyl sites for hydroxylation is 1. The highest BCUT2D eigenvalue weighted by Crippen LogP contribution is 2.28. The van der Waals surface area contributed by atoms with Gasteiger partial charge in [0.05, 0.1) is 0 Å². The summed E-state index contributed by atoms with van der Waals surface area (Å²) in [4.78, 5) is 6.87. The van der Waals surface area contributed by atoms with Gasteiger partial charge in [0.2, 0.25) is 0 Å². The molecule has 0 aliphatic rings. The summed E-state index contributed by atoms with van der Waals surface area (Å²) in [5, 5.41) is 0. The first-order valence-corrected chi connectivity index (χ1v) is 6.65. The van der Waals surface area contributed by atoms with Gasteiger partial charge in [0.25, 0.3) is 0 Å². The van der Waals surface area contributed by atoms with Crippen molar-refractivity contribution in [2.24, 2.45) is 11.1 Å². The lowest BCUT2D eigenvalue weighted by Crippen LogP contribution is -2.40. The Labute approximate surface area is 111 Å². The van der Waals surface area contributed by atoms with E-state index in [2.05, 4.69) is 57.6 Å². The van der Waals surface area contributed by atoms with Crippen molar-refractivity contribution in [1.82, 2.24) is 4.98 Å². The maximum atomic E-state index is 5.58. The van der Waals surface area contributed by atoms with Crippen LogP contribution >= 0.6 is 0 Å². The molecule has 102 valence electrons. The molecular formula is C15H27N3.